The van der Waals surface area contributed by atoms with Crippen LogP contribution in [0, 0.1) is 0 Å². The molecule has 1 aromatic heterocycles. The van der Waals surface area contributed by atoms with E-state index in [9.17, 15) is 19.5 Å². The summed E-state index contributed by atoms with van der Waals surface area (Å²) in [6.45, 7) is 3.56. The minimum Gasteiger partial charge on any atom is -1.00 e. The number of aliphatic carboxylic acids is 1. The smallest absolute Gasteiger partial charge is 1.00 e. The molecule has 138 valence electrons. The fraction of sp³-hybridized carbons (Fsp3) is 0.214. The largest absolute Gasteiger partial charge is 1.00 e. The molecule has 2 aliphatic heterocycles. The van der Waals surface area contributed by atoms with Gasteiger partial charge in [0.2, 0.25) is 0 Å². The maximum atomic E-state index is 12.4. The number of nitrogens with two attached hydrogens (primary N) is 1. The first-order valence-electron chi connectivity index (χ1n) is 7.16. The average Bonchev–Trinajstić information content (AvgIpc) is 3.04. The second kappa shape index (κ2) is 8.44. The third kappa shape index (κ3) is 3.75. The summed E-state index contributed by atoms with van der Waals surface area (Å²) >= 11 is 2.37. The van der Waals surface area contributed by atoms with Crippen LogP contribution in [-0.4, -0.2) is 60.9 Å². The van der Waals surface area contributed by atoms with E-state index in [0.717, 1.165) is 16.2 Å². The number of rotatable bonds is 5. The van der Waals surface area contributed by atoms with E-state index in [1.54, 1.807) is 0 Å². The van der Waals surface area contributed by atoms with Gasteiger partial charge in [-0.15, -0.1) is 23.1 Å². The molecule has 0 radical (unpaired) electrons. The average molecular weight is 419 g/mol. The molecular formula is C14H14N5NaO5S2. The van der Waals surface area contributed by atoms with E-state index in [0.29, 0.717) is 11.3 Å². The van der Waals surface area contributed by atoms with E-state index in [4.69, 9.17) is 10.9 Å². The molecule has 2 atom stereocenters. The molecule has 1 fully saturated rings. The fourth-order valence-corrected chi connectivity index (χ4v) is 4.51. The number of carboxylic acids is 1. The number of carbonyl (C=O) groups excluding carboxylic acids is 2. The molecule has 2 amide bonds. The summed E-state index contributed by atoms with van der Waals surface area (Å²) in [6.07, 6.45) is 1.40. The number of carbonyl (C=O) groups is 3. The Morgan fingerprint density at radius 2 is 2.26 bits per heavy atom. The molecule has 3 heterocycles. The number of aromatic nitrogens is 1. The molecule has 13 heteroatoms. The van der Waals surface area contributed by atoms with Gasteiger partial charge in [0.05, 0.1) is 0 Å². The molecule has 0 unspecified atom stereocenters. The first kappa shape index (κ1) is 21.4. The molecular weight excluding hydrogens is 405 g/mol. The molecule has 27 heavy (non-hydrogen) atoms. The molecule has 2 aliphatic rings. The number of anilines is 1. The van der Waals surface area contributed by atoms with Gasteiger partial charge < -0.3 is 22.8 Å². The Labute approximate surface area is 185 Å². The number of hydrogen-bond acceptors (Lipinski definition) is 9. The van der Waals surface area contributed by atoms with Gasteiger partial charge >= 0.3 is 35.5 Å². The van der Waals surface area contributed by atoms with Crippen LogP contribution in [0.25, 0.3) is 0 Å². The molecule has 10 nitrogen and oxygen atoms in total. The van der Waals surface area contributed by atoms with E-state index >= 15 is 0 Å². The topological polar surface area (TPSA) is 158 Å². The van der Waals surface area contributed by atoms with E-state index in [1.165, 1.54) is 23.2 Å². The van der Waals surface area contributed by atoms with Crippen LogP contribution in [0.4, 0.5) is 5.13 Å². The number of nitrogens with zero attached hydrogens (tertiary/aromatic N) is 3. The van der Waals surface area contributed by atoms with Crippen molar-refractivity contribution in [2.24, 2.45) is 5.16 Å². The Morgan fingerprint density at radius 3 is 2.78 bits per heavy atom. The summed E-state index contributed by atoms with van der Waals surface area (Å²) in [5, 5.41) is 24.9. The summed E-state index contributed by atoms with van der Waals surface area (Å²) in [4.78, 5) is 41.2. The molecule has 1 aromatic rings. The van der Waals surface area contributed by atoms with Crippen molar-refractivity contribution < 1.29 is 55.7 Å². The SMILES string of the molecule is C=CC1=C(C(=O)O)N2C(=O)[C@@H](NC(=O)/C(=N\O)c3csc(N)n3)[C@H]2SC1.[H-].[Na+]. The van der Waals surface area contributed by atoms with Crippen LogP contribution in [-0.2, 0) is 14.4 Å². The van der Waals surface area contributed by atoms with Crippen LogP contribution < -0.4 is 40.6 Å². The van der Waals surface area contributed by atoms with Gasteiger partial charge in [0.1, 0.15) is 22.8 Å². The Balaban J connectivity index is 0.00000196. The Morgan fingerprint density at radius 1 is 1.56 bits per heavy atom. The predicted molar refractivity (Wildman–Crippen MR) is 95.8 cm³/mol. The van der Waals surface area contributed by atoms with Crippen molar-refractivity contribution in [2.75, 3.05) is 11.5 Å². The first-order chi connectivity index (χ1) is 12.4. The van der Waals surface area contributed by atoms with Crippen LogP contribution in [0.2, 0.25) is 0 Å². The second-order valence-electron chi connectivity index (χ2n) is 5.26. The number of thioether (sulfide) groups is 1. The molecule has 0 spiro atoms. The number of nitrogens with one attached hydrogen (secondary N) is 1. The van der Waals surface area contributed by atoms with E-state index in [2.05, 4.69) is 22.0 Å². The molecule has 0 bridgehead atoms. The van der Waals surface area contributed by atoms with Crippen molar-refractivity contribution in [1.29, 1.82) is 0 Å². The zero-order valence-electron chi connectivity index (χ0n) is 15.1. The third-order valence-corrected chi connectivity index (χ3v) is 5.79. The summed E-state index contributed by atoms with van der Waals surface area (Å²) < 4.78 is 0. The van der Waals surface area contributed by atoms with Gasteiger partial charge in [-0.1, -0.05) is 17.8 Å². The standard InChI is InChI=1S/C14H13N5O5S2.Na.H/c1-2-5-3-25-12-8(11(21)19(12)9(5)13(22)23)17-10(20)7(18-24)6-4-26-14(15)16-6;;/h2,4,8,12,24H,1,3H2,(H2,15,16)(H,17,20)(H,22,23);;/q;+1;-1/b18-7-;;/t8-,12-;;/m1../s1. The number of allylic oxidation sites excluding steroid dienone is 1. The normalized spacial score (nSPS) is 21.7. The van der Waals surface area contributed by atoms with Gasteiger partial charge in [-0.05, 0) is 5.57 Å². The Bertz CT molecular complexity index is 889. The minimum atomic E-state index is -1.24. The van der Waals surface area contributed by atoms with E-state index < -0.39 is 29.2 Å². The quantitative estimate of drug-likeness (QED) is 0.129. The number of nitrogen functional groups attached to an aromatic ring is 1. The van der Waals surface area contributed by atoms with Crippen molar-refractivity contribution in [1.82, 2.24) is 15.2 Å². The van der Waals surface area contributed by atoms with Crippen LogP contribution in [0.3, 0.4) is 0 Å². The van der Waals surface area contributed by atoms with Gasteiger partial charge in [-0.3, -0.25) is 14.5 Å². The maximum absolute atomic E-state index is 12.4. The van der Waals surface area contributed by atoms with Gasteiger partial charge in [0, 0.05) is 11.1 Å². The van der Waals surface area contributed by atoms with Crippen molar-refractivity contribution in [2.45, 2.75) is 11.4 Å². The summed E-state index contributed by atoms with van der Waals surface area (Å²) in [7, 11) is 0. The van der Waals surface area contributed by atoms with E-state index in [-0.39, 0.29) is 53.2 Å². The number of hydrogen-bond donors (Lipinski definition) is 4. The summed E-state index contributed by atoms with van der Waals surface area (Å²) in [5.41, 5.74) is 5.49. The number of thiazole rings is 1. The Kier molecular flexibility index (Phi) is 6.70. The van der Waals surface area contributed by atoms with Crippen molar-refractivity contribution in [3.8, 4) is 0 Å². The number of fused-ring (bicyclic) bond motifs is 1. The number of carboxylic acid groups (broad SMARTS) is 1. The van der Waals surface area contributed by atoms with Gasteiger partial charge in [0.25, 0.3) is 11.8 Å². The molecule has 3 rings (SSSR count). The summed E-state index contributed by atoms with van der Waals surface area (Å²) in [6, 6.07) is -0.944. The van der Waals surface area contributed by atoms with Crippen molar-refractivity contribution in [3.63, 3.8) is 0 Å². The Hall–Kier alpha value is -1.86. The van der Waals surface area contributed by atoms with Gasteiger partial charge in [-0.2, -0.15) is 0 Å². The van der Waals surface area contributed by atoms with Crippen LogP contribution >= 0.6 is 23.1 Å². The molecule has 0 saturated carbocycles. The van der Waals surface area contributed by atoms with Crippen LogP contribution in [0.5, 0.6) is 0 Å². The zero-order chi connectivity index (χ0) is 19.0. The summed E-state index contributed by atoms with van der Waals surface area (Å²) in [5.74, 6) is -2.27. The van der Waals surface area contributed by atoms with Crippen LogP contribution in [0.15, 0.2) is 34.5 Å². The van der Waals surface area contributed by atoms with Crippen molar-refractivity contribution >= 4 is 51.7 Å². The van der Waals surface area contributed by atoms with E-state index in [1.807, 2.05) is 0 Å². The van der Waals surface area contributed by atoms with Gasteiger partial charge in [-0.25, -0.2) is 9.78 Å². The zero-order valence-corrected chi connectivity index (χ0v) is 17.7. The molecule has 0 aliphatic carbocycles. The van der Waals surface area contributed by atoms with Crippen molar-refractivity contribution in [3.05, 3.63) is 35.0 Å². The van der Waals surface area contributed by atoms with Crippen LogP contribution in [0.1, 0.15) is 7.12 Å². The maximum Gasteiger partial charge on any atom is 1.00 e. The first-order valence-corrected chi connectivity index (χ1v) is 9.09. The number of oxime groups is 1. The minimum absolute atomic E-state index is 0. The van der Waals surface area contributed by atoms with Gasteiger partial charge in [0.15, 0.2) is 10.8 Å². The third-order valence-electron chi connectivity index (χ3n) is 3.81. The monoisotopic (exact) mass is 419 g/mol. The molecule has 5 N–H and O–H groups in total. The number of amides is 2. The number of β-lactam (4-membered cyclic amide) rings is 1. The fourth-order valence-electron chi connectivity index (χ4n) is 2.62. The predicted octanol–water partition coefficient (Wildman–Crippen LogP) is -3.06. The molecule has 1 saturated heterocycles. The molecule has 0 aromatic carbocycles. The second-order valence-corrected chi connectivity index (χ2v) is 7.26.